The van der Waals surface area contributed by atoms with E-state index in [0.717, 1.165) is 8.58 Å². The molecule has 3 heteroatoms. The first-order chi connectivity index (χ1) is 3.83. The van der Waals surface area contributed by atoms with Gasteiger partial charge in [-0.05, 0) is 28.5 Å². The van der Waals surface area contributed by atoms with Crippen molar-refractivity contribution in [3.63, 3.8) is 0 Å². The largest absolute Gasteiger partial charge is 0.724 e. The molecular formula is C5H12NOP. The van der Waals surface area contributed by atoms with Gasteiger partial charge in [0, 0.05) is 0 Å². The number of isocyanates is 1. The highest BCUT2D eigenvalue weighted by Gasteiger charge is 1.75. The number of hydrogen-bond donors (Lipinski definition) is 0. The van der Waals surface area contributed by atoms with Gasteiger partial charge in [-0.1, -0.05) is 0 Å². The molecule has 0 atom stereocenters. The van der Waals surface area contributed by atoms with Crippen molar-refractivity contribution in [3.8, 4) is 0 Å². The predicted molar refractivity (Wildman–Crippen MR) is 39.8 cm³/mol. The van der Waals surface area contributed by atoms with Crippen molar-refractivity contribution in [2.24, 2.45) is 0 Å². The van der Waals surface area contributed by atoms with E-state index in [1.54, 1.807) is 0 Å². The minimum atomic E-state index is 0.500. The van der Waals surface area contributed by atoms with Crippen LogP contribution in [0.2, 0.25) is 0 Å². The molecule has 0 aliphatic carbocycles. The van der Waals surface area contributed by atoms with Crippen molar-refractivity contribution in [2.45, 2.75) is 13.8 Å². The SMILES string of the molecule is CC[PH2+]CC.[N-]=C=O. The van der Waals surface area contributed by atoms with Crippen molar-refractivity contribution in [1.29, 1.82) is 0 Å². The highest BCUT2D eigenvalue weighted by molar-refractivity contribution is 7.37. The average molecular weight is 133 g/mol. The molecule has 0 aromatic carbocycles. The molecule has 0 heterocycles. The Morgan fingerprint density at radius 1 is 1.50 bits per heavy atom. The van der Waals surface area contributed by atoms with E-state index in [9.17, 15) is 0 Å². The molecule has 0 aliphatic heterocycles. The Balaban J connectivity index is 0. The van der Waals surface area contributed by atoms with Crippen LogP contribution in [0.15, 0.2) is 0 Å². The third-order valence-electron chi connectivity index (χ3n) is 0.577. The Bertz CT molecular complexity index is 57.4. The minimum absolute atomic E-state index is 0.500. The normalized spacial score (nSPS) is 6.25. The van der Waals surface area contributed by atoms with Gasteiger partial charge in [-0.25, -0.2) is 0 Å². The first-order valence-electron chi connectivity index (χ1n) is 2.66. The van der Waals surface area contributed by atoms with Gasteiger partial charge in [0.15, 0.2) is 0 Å². The minimum Gasteiger partial charge on any atom is -0.724 e. The summed E-state index contributed by atoms with van der Waals surface area (Å²) in [4.78, 5) is 8.24. The smallest absolute Gasteiger partial charge is 0.0521 e. The first-order valence-corrected chi connectivity index (χ1v) is 4.29. The molecule has 0 fully saturated rings. The molecule has 0 saturated carbocycles. The summed E-state index contributed by atoms with van der Waals surface area (Å²) in [7, 11) is 0.815. The fraction of sp³-hybridized carbons (Fsp3) is 0.800. The predicted octanol–water partition coefficient (Wildman–Crippen LogP) is 1.33. The molecule has 0 saturated heterocycles. The van der Waals surface area contributed by atoms with Gasteiger partial charge in [0.25, 0.3) is 0 Å². The third-order valence-corrected chi connectivity index (χ3v) is 1.73. The summed E-state index contributed by atoms with van der Waals surface area (Å²) in [6, 6.07) is 0. The van der Waals surface area contributed by atoms with Crippen LogP contribution < -0.4 is 0 Å². The summed E-state index contributed by atoms with van der Waals surface area (Å²) >= 11 is 0. The molecular weight excluding hydrogens is 121 g/mol. The van der Waals surface area contributed by atoms with Crippen molar-refractivity contribution < 1.29 is 4.79 Å². The van der Waals surface area contributed by atoms with Crippen LogP contribution in [0.5, 0.6) is 0 Å². The van der Waals surface area contributed by atoms with Crippen LogP contribution in [0.4, 0.5) is 0 Å². The summed E-state index contributed by atoms with van der Waals surface area (Å²) in [5.74, 6) is 0. The Morgan fingerprint density at radius 2 is 1.75 bits per heavy atom. The standard InChI is InChI=1S/C4H11P.CNO/c1-3-5-4-2;2-1-3/h5H,3-4H2,1-2H3;/q;-1/p+1. The van der Waals surface area contributed by atoms with Gasteiger partial charge < -0.3 is 5.41 Å². The van der Waals surface area contributed by atoms with E-state index in [0.29, 0.717) is 6.08 Å². The van der Waals surface area contributed by atoms with Crippen LogP contribution in [-0.2, 0) is 4.79 Å². The van der Waals surface area contributed by atoms with Gasteiger partial charge in [0.2, 0.25) is 0 Å². The zero-order valence-corrected chi connectivity index (χ0v) is 6.50. The first kappa shape index (κ1) is 10.7. The topological polar surface area (TPSA) is 39.4 Å². The van der Waals surface area contributed by atoms with Crippen LogP contribution in [0, 0.1) is 0 Å². The van der Waals surface area contributed by atoms with E-state index in [1.165, 1.54) is 12.3 Å². The molecule has 0 rings (SSSR count). The zero-order valence-electron chi connectivity index (χ0n) is 5.35. The highest BCUT2D eigenvalue weighted by atomic mass is 31.1. The Kier molecular flexibility index (Phi) is 21.2. The zero-order chi connectivity index (χ0) is 6.83. The van der Waals surface area contributed by atoms with Gasteiger partial charge in [0.1, 0.15) is 0 Å². The summed E-state index contributed by atoms with van der Waals surface area (Å²) in [6.45, 7) is 4.50. The fourth-order valence-electron chi connectivity index (χ4n) is 0.289. The Labute approximate surface area is 52.0 Å². The van der Waals surface area contributed by atoms with E-state index >= 15 is 0 Å². The lowest BCUT2D eigenvalue weighted by atomic mass is 11.0. The van der Waals surface area contributed by atoms with E-state index in [4.69, 9.17) is 10.2 Å². The molecule has 48 valence electrons. The molecule has 0 bridgehead atoms. The van der Waals surface area contributed by atoms with E-state index in [-0.39, 0.29) is 0 Å². The lowest BCUT2D eigenvalue weighted by molar-refractivity contribution is 0.569. The molecule has 0 unspecified atom stereocenters. The van der Waals surface area contributed by atoms with Crippen molar-refractivity contribution in [2.75, 3.05) is 12.3 Å². The molecule has 0 aliphatic rings. The fourth-order valence-corrected chi connectivity index (χ4v) is 0.866. The van der Waals surface area contributed by atoms with Crippen LogP contribution in [0.25, 0.3) is 5.41 Å². The van der Waals surface area contributed by atoms with Crippen LogP contribution >= 0.6 is 8.58 Å². The number of rotatable bonds is 2. The summed E-state index contributed by atoms with van der Waals surface area (Å²) in [6.07, 6.45) is 3.35. The van der Waals surface area contributed by atoms with Gasteiger partial charge in [-0.15, -0.1) is 0 Å². The van der Waals surface area contributed by atoms with Crippen LogP contribution in [-0.4, -0.2) is 18.4 Å². The number of nitrogens with zero attached hydrogens (tertiary/aromatic N) is 1. The molecule has 0 amide bonds. The molecule has 0 aromatic rings. The summed E-state index contributed by atoms with van der Waals surface area (Å²) in [5.41, 5.74) is 0. The lowest BCUT2D eigenvalue weighted by Gasteiger charge is -1.72. The maximum atomic E-state index is 8.24. The van der Waals surface area contributed by atoms with E-state index < -0.39 is 0 Å². The quantitative estimate of drug-likeness (QED) is 0.318. The van der Waals surface area contributed by atoms with Gasteiger partial charge in [-0.3, -0.25) is 4.79 Å². The monoisotopic (exact) mass is 133 g/mol. The van der Waals surface area contributed by atoms with Gasteiger partial charge >= 0.3 is 0 Å². The van der Waals surface area contributed by atoms with E-state index in [2.05, 4.69) is 13.8 Å². The molecule has 8 heavy (non-hydrogen) atoms. The van der Waals surface area contributed by atoms with E-state index in [1.807, 2.05) is 0 Å². The third kappa shape index (κ3) is 41.0. The highest BCUT2D eigenvalue weighted by Crippen LogP contribution is 2.03. The second kappa shape index (κ2) is 15.8. The van der Waals surface area contributed by atoms with Crippen LogP contribution in [0.3, 0.4) is 0 Å². The van der Waals surface area contributed by atoms with Crippen molar-refractivity contribution >= 4 is 14.7 Å². The van der Waals surface area contributed by atoms with Gasteiger partial charge in [0.05, 0.1) is 12.3 Å². The Morgan fingerprint density at radius 3 is 1.75 bits per heavy atom. The molecule has 0 N–H and O–H groups in total. The second-order valence-corrected chi connectivity index (χ2v) is 3.41. The van der Waals surface area contributed by atoms with Crippen molar-refractivity contribution in [3.05, 3.63) is 5.41 Å². The number of carbonyl (C=O) groups excluding carboxylic acids is 1. The summed E-state index contributed by atoms with van der Waals surface area (Å²) < 4.78 is 0. The van der Waals surface area contributed by atoms with Gasteiger partial charge in [-0.2, -0.15) is 0 Å². The van der Waals surface area contributed by atoms with Crippen molar-refractivity contribution in [1.82, 2.24) is 0 Å². The molecule has 0 spiro atoms. The number of hydrogen-bond acceptors (Lipinski definition) is 1. The summed E-state index contributed by atoms with van der Waals surface area (Å²) in [5, 5.41) is 6.76. The lowest BCUT2D eigenvalue weighted by Crippen LogP contribution is -1.59. The molecule has 2 nitrogen and oxygen atoms in total. The Hall–Kier alpha value is -0.190. The maximum absolute atomic E-state index is 8.24. The molecule has 0 aromatic heterocycles. The average Bonchev–Trinajstić information content (AvgIpc) is 1.71. The second-order valence-electron chi connectivity index (χ2n) is 1.20. The molecule has 0 radical (unpaired) electrons. The maximum Gasteiger partial charge on any atom is 0.0521 e. The van der Waals surface area contributed by atoms with Crippen LogP contribution in [0.1, 0.15) is 13.8 Å².